The highest BCUT2D eigenvalue weighted by atomic mass is 19.4. The molecule has 2 aromatic heterocycles. The Bertz CT molecular complexity index is 539. The maximum Gasteiger partial charge on any atom is 0.421 e. The normalized spacial score (nSPS) is 15.2. The first kappa shape index (κ1) is 13.5. The van der Waals surface area contributed by atoms with Crippen molar-refractivity contribution in [2.45, 2.75) is 25.1 Å². The van der Waals surface area contributed by atoms with Crippen LogP contribution >= 0.6 is 0 Å². The standard InChI is InChI=1S/C12H12F3N3O/c1-7(8-2-4-16-5-3-8)9-6-17-11(18-9)10(19)12(13,14)15/h2-7,10,19H,1H3,(H,17,18)/t7-,10-/m1/s1. The lowest BCUT2D eigenvalue weighted by atomic mass is 10.00. The minimum absolute atomic E-state index is 0.162. The number of pyridine rings is 1. The first-order valence-corrected chi connectivity index (χ1v) is 5.59. The zero-order valence-electron chi connectivity index (χ0n) is 10.0. The van der Waals surface area contributed by atoms with E-state index in [4.69, 9.17) is 5.11 Å². The van der Waals surface area contributed by atoms with E-state index in [1.807, 2.05) is 6.92 Å². The van der Waals surface area contributed by atoms with Gasteiger partial charge in [0.15, 0.2) is 0 Å². The van der Waals surface area contributed by atoms with E-state index in [9.17, 15) is 13.2 Å². The molecule has 2 atom stereocenters. The van der Waals surface area contributed by atoms with Crippen LogP contribution in [0.4, 0.5) is 13.2 Å². The van der Waals surface area contributed by atoms with Gasteiger partial charge in [-0.25, -0.2) is 4.98 Å². The molecule has 0 unspecified atom stereocenters. The van der Waals surface area contributed by atoms with Gasteiger partial charge in [0.1, 0.15) is 5.82 Å². The van der Waals surface area contributed by atoms with E-state index in [0.717, 1.165) is 5.56 Å². The van der Waals surface area contributed by atoms with Gasteiger partial charge in [-0.3, -0.25) is 4.98 Å². The number of aromatic nitrogens is 3. The topological polar surface area (TPSA) is 61.8 Å². The summed E-state index contributed by atoms with van der Waals surface area (Å²) in [5.41, 5.74) is 1.40. The lowest BCUT2D eigenvalue weighted by Crippen LogP contribution is -2.21. The van der Waals surface area contributed by atoms with Crippen molar-refractivity contribution in [1.29, 1.82) is 0 Å². The summed E-state index contributed by atoms with van der Waals surface area (Å²) in [4.78, 5) is 9.98. The van der Waals surface area contributed by atoms with Crippen LogP contribution in [-0.2, 0) is 0 Å². The van der Waals surface area contributed by atoms with Crippen molar-refractivity contribution in [2.24, 2.45) is 0 Å². The van der Waals surface area contributed by atoms with Gasteiger partial charge >= 0.3 is 6.18 Å². The van der Waals surface area contributed by atoms with E-state index in [1.54, 1.807) is 24.5 Å². The quantitative estimate of drug-likeness (QED) is 0.901. The van der Waals surface area contributed by atoms with Gasteiger partial charge in [0.2, 0.25) is 6.10 Å². The Morgan fingerprint density at radius 1 is 1.26 bits per heavy atom. The van der Waals surface area contributed by atoms with Crippen LogP contribution < -0.4 is 0 Å². The Morgan fingerprint density at radius 2 is 1.89 bits per heavy atom. The third kappa shape index (κ3) is 2.93. The molecule has 0 saturated heterocycles. The fourth-order valence-electron chi connectivity index (χ4n) is 1.70. The first-order valence-electron chi connectivity index (χ1n) is 5.59. The van der Waals surface area contributed by atoms with Crippen LogP contribution in [0.25, 0.3) is 0 Å². The third-order valence-corrected chi connectivity index (χ3v) is 2.86. The van der Waals surface area contributed by atoms with Crippen molar-refractivity contribution in [3.05, 3.63) is 47.8 Å². The number of hydrogen-bond acceptors (Lipinski definition) is 3. The van der Waals surface area contributed by atoms with Crippen molar-refractivity contribution < 1.29 is 18.3 Å². The SMILES string of the molecule is C[C@H](c1ccncc1)c1cnc([C@@H](O)C(F)(F)F)[nH]1. The molecule has 7 heteroatoms. The van der Waals surface area contributed by atoms with Gasteiger partial charge < -0.3 is 10.1 Å². The molecule has 0 bridgehead atoms. The Kier molecular flexibility index (Phi) is 3.57. The maximum atomic E-state index is 12.3. The fourth-order valence-corrected chi connectivity index (χ4v) is 1.70. The van der Waals surface area contributed by atoms with Crippen LogP contribution in [-0.4, -0.2) is 26.2 Å². The van der Waals surface area contributed by atoms with Crippen LogP contribution in [0.3, 0.4) is 0 Å². The number of imidazole rings is 1. The summed E-state index contributed by atoms with van der Waals surface area (Å²) in [5.74, 6) is -0.659. The molecule has 0 spiro atoms. The molecule has 2 heterocycles. The second-order valence-electron chi connectivity index (χ2n) is 4.17. The average molecular weight is 271 g/mol. The Labute approximate surface area is 107 Å². The molecule has 2 rings (SSSR count). The van der Waals surface area contributed by atoms with Gasteiger partial charge in [-0.1, -0.05) is 6.92 Å². The highest BCUT2D eigenvalue weighted by Gasteiger charge is 2.41. The minimum atomic E-state index is -4.73. The Morgan fingerprint density at radius 3 is 2.47 bits per heavy atom. The highest BCUT2D eigenvalue weighted by molar-refractivity contribution is 5.25. The number of nitrogens with one attached hydrogen (secondary N) is 1. The van der Waals surface area contributed by atoms with Gasteiger partial charge in [0.25, 0.3) is 0 Å². The summed E-state index contributed by atoms with van der Waals surface area (Å²) >= 11 is 0. The molecular weight excluding hydrogens is 259 g/mol. The van der Waals surface area contributed by atoms with Gasteiger partial charge in [-0.05, 0) is 17.7 Å². The van der Waals surface area contributed by atoms with Crippen molar-refractivity contribution in [3.8, 4) is 0 Å². The van der Waals surface area contributed by atoms with Gasteiger partial charge in [-0.15, -0.1) is 0 Å². The molecule has 0 fully saturated rings. The predicted molar refractivity (Wildman–Crippen MR) is 61.4 cm³/mol. The molecule has 0 aromatic carbocycles. The van der Waals surface area contributed by atoms with E-state index in [0.29, 0.717) is 5.69 Å². The van der Waals surface area contributed by atoms with E-state index < -0.39 is 18.1 Å². The minimum Gasteiger partial charge on any atom is -0.377 e. The molecule has 4 nitrogen and oxygen atoms in total. The largest absolute Gasteiger partial charge is 0.421 e. The monoisotopic (exact) mass is 271 g/mol. The molecule has 2 aromatic rings. The zero-order valence-corrected chi connectivity index (χ0v) is 10.0. The number of aliphatic hydroxyl groups excluding tert-OH is 1. The number of halogens is 3. The van der Waals surface area contributed by atoms with Crippen molar-refractivity contribution >= 4 is 0 Å². The van der Waals surface area contributed by atoms with E-state index in [2.05, 4.69) is 15.0 Å². The molecule has 2 N–H and O–H groups in total. The number of rotatable bonds is 3. The van der Waals surface area contributed by atoms with E-state index in [1.165, 1.54) is 6.20 Å². The Balaban J connectivity index is 2.22. The summed E-state index contributed by atoms with van der Waals surface area (Å²) in [6, 6.07) is 3.54. The summed E-state index contributed by atoms with van der Waals surface area (Å²) in [5, 5.41) is 9.09. The third-order valence-electron chi connectivity index (χ3n) is 2.86. The highest BCUT2D eigenvalue weighted by Crippen LogP contribution is 2.32. The molecule has 0 aliphatic carbocycles. The van der Waals surface area contributed by atoms with Crippen LogP contribution in [0.5, 0.6) is 0 Å². The number of H-pyrrole nitrogens is 1. The van der Waals surface area contributed by atoms with Crippen LogP contribution in [0, 0.1) is 0 Å². The molecule has 0 radical (unpaired) electrons. The average Bonchev–Trinajstić information content (AvgIpc) is 2.86. The fraction of sp³-hybridized carbons (Fsp3) is 0.333. The lowest BCUT2D eigenvalue weighted by molar-refractivity contribution is -0.209. The Hall–Kier alpha value is -1.89. The zero-order chi connectivity index (χ0) is 14.0. The van der Waals surface area contributed by atoms with Crippen molar-refractivity contribution in [2.75, 3.05) is 0 Å². The maximum absolute atomic E-state index is 12.3. The van der Waals surface area contributed by atoms with Crippen molar-refractivity contribution in [1.82, 2.24) is 15.0 Å². The number of aliphatic hydroxyl groups is 1. The van der Waals surface area contributed by atoms with Gasteiger partial charge in [-0.2, -0.15) is 13.2 Å². The lowest BCUT2D eigenvalue weighted by Gasteiger charge is -2.12. The van der Waals surface area contributed by atoms with E-state index in [-0.39, 0.29) is 5.92 Å². The first-order chi connectivity index (χ1) is 8.89. The van der Waals surface area contributed by atoms with Crippen molar-refractivity contribution in [3.63, 3.8) is 0 Å². The van der Waals surface area contributed by atoms with Crippen LogP contribution in [0.1, 0.15) is 36.0 Å². The van der Waals surface area contributed by atoms with Crippen LogP contribution in [0.15, 0.2) is 30.7 Å². The predicted octanol–water partition coefficient (Wildman–Crippen LogP) is 2.55. The smallest absolute Gasteiger partial charge is 0.377 e. The molecule has 0 saturated carbocycles. The number of hydrogen-bond donors (Lipinski definition) is 2. The number of aromatic amines is 1. The second-order valence-corrected chi connectivity index (χ2v) is 4.17. The molecular formula is C12H12F3N3O. The molecule has 0 aliphatic heterocycles. The molecule has 19 heavy (non-hydrogen) atoms. The van der Waals surface area contributed by atoms with Gasteiger partial charge in [0, 0.05) is 30.2 Å². The number of nitrogens with zero attached hydrogens (tertiary/aromatic N) is 2. The van der Waals surface area contributed by atoms with Gasteiger partial charge in [0.05, 0.1) is 0 Å². The summed E-state index contributed by atoms with van der Waals surface area (Å²) in [7, 11) is 0. The molecule has 102 valence electrons. The molecule has 0 aliphatic rings. The number of alkyl halides is 3. The van der Waals surface area contributed by atoms with Crippen LogP contribution in [0.2, 0.25) is 0 Å². The summed E-state index contributed by atoms with van der Waals surface area (Å²) in [6.07, 6.45) is -2.81. The molecule has 0 amide bonds. The summed E-state index contributed by atoms with van der Waals surface area (Å²) < 4.78 is 37.0. The second kappa shape index (κ2) is 5.00. The summed E-state index contributed by atoms with van der Waals surface area (Å²) in [6.45, 7) is 1.83. The van der Waals surface area contributed by atoms with E-state index >= 15 is 0 Å².